The van der Waals surface area contributed by atoms with E-state index < -0.39 is 17.7 Å². The number of hydrogen-bond acceptors (Lipinski definition) is 10. The zero-order valence-corrected chi connectivity index (χ0v) is 27.5. The highest BCUT2D eigenvalue weighted by molar-refractivity contribution is 6.04. The molecule has 17 heteroatoms. The van der Waals surface area contributed by atoms with Crippen molar-refractivity contribution in [1.29, 1.82) is 0 Å². The standard InChI is InChI=1S/C33H36N10O7/c1-4-43-24(13-19(2)40-43)31(48)39-33-38-23-15-21(30(35)47)17-26(50-12-8-7-11-44)28(23)42(33)10-6-5-9-41-27-22(37-32(41)36-18-45)14-20(29(34)46)16-25(27)49-3/h5-8,13-18,44H,4,9-12H2,1-3H3,(H2,34,46)(H2,35,47)(H,36,37,45)(H,38,39,48)/b6-5+,8-7+. The second kappa shape index (κ2) is 15.2. The summed E-state index contributed by atoms with van der Waals surface area (Å²) in [6, 6.07) is 7.66. The molecule has 0 atom stereocenters. The Balaban J connectivity index is 1.57. The Morgan fingerprint density at radius 3 is 2.06 bits per heavy atom. The molecule has 0 saturated carbocycles. The van der Waals surface area contributed by atoms with Crippen LogP contribution in [0.1, 0.15) is 43.8 Å². The zero-order valence-electron chi connectivity index (χ0n) is 27.5. The highest BCUT2D eigenvalue weighted by Gasteiger charge is 2.22. The van der Waals surface area contributed by atoms with Gasteiger partial charge in [0, 0.05) is 30.8 Å². The van der Waals surface area contributed by atoms with Gasteiger partial charge in [-0.25, -0.2) is 9.97 Å². The first kappa shape index (κ1) is 34.8. The molecule has 17 nitrogen and oxygen atoms in total. The maximum atomic E-state index is 13.5. The lowest BCUT2D eigenvalue weighted by molar-refractivity contribution is -0.105. The monoisotopic (exact) mass is 684 g/mol. The summed E-state index contributed by atoms with van der Waals surface area (Å²) in [4.78, 5) is 58.1. The van der Waals surface area contributed by atoms with Crippen LogP contribution in [0.15, 0.2) is 54.6 Å². The maximum Gasteiger partial charge on any atom is 0.276 e. The van der Waals surface area contributed by atoms with E-state index in [9.17, 15) is 19.2 Å². The van der Waals surface area contributed by atoms with Crippen LogP contribution >= 0.6 is 0 Å². The normalized spacial score (nSPS) is 11.5. The van der Waals surface area contributed by atoms with Crippen molar-refractivity contribution in [2.24, 2.45) is 11.5 Å². The quantitative estimate of drug-likeness (QED) is 0.0750. The Labute approximate surface area is 285 Å². The van der Waals surface area contributed by atoms with Crippen molar-refractivity contribution >= 4 is 58.1 Å². The molecule has 260 valence electrons. The van der Waals surface area contributed by atoms with Gasteiger partial charge in [0.05, 0.1) is 30.4 Å². The number of amides is 4. The van der Waals surface area contributed by atoms with Gasteiger partial charge in [-0.15, -0.1) is 0 Å². The Bertz CT molecular complexity index is 2160. The molecular weight excluding hydrogens is 648 g/mol. The van der Waals surface area contributed by atoms with Crippen LogP contribution in [0.3, 0.4) is 0 Å². The third-order valence-corrected chi connectivity index (χ3v) is 7.60. The number of fused-ring (bicyclic) bond motifs is 2. The molecule has 2 aromatic carbocycles. The van der Waals surface area contributed by atoms with Gasteiger partial charge in [0.15, 0.2) is 0 Å². The molecule has 0 unspecified atom stereocenters. The number of aliphatic hydroxyl groups excluding tert-OH is 1. The molecule has 0 aliphatic rings. The number of benzene rings is 2. The van der Waals surface area contributed by atoms with Crippen LogP contribution < -0.4 is 31.6 Å². The molecule has 0 saturated heterocycles. The Morgan fingerprint density at radius 2 is 1.48 bits per heavy atom. The van der Waals surface area contributed by atoms with Gasteiger partial charge >= 0.3 is 0 Å². The van der Waals surface area contributed by atoms with Crippen LogP contribution in [0, 0.1) is 6.92 Å². The van der Waals surface area contributed by atoms with Crippen LogP contribution in [0.2, 0.25) is 0 Å². The van der Waals surface area contributed by atoms with Gasteiger partial charge in [-0.1, -0.05) is 18.2 Å². The number of aromatic nitrogens is 6. The predicted octanol–water partition coefficient (Wildman–Crippen LogP) is 2.12. The van der Waals surface area contributed by atoms with Crippen molar-refractivity contribution in [3.05, 3.63) is 77.2 Å². The molecule has 0 fully saturated rings. The first-order chi connectivity index (χ1) is 24.1. The number of aliphatic hydroxyl groups is 1. The smallest absolute Gasteiger partial charge is 0.276 e. The van der Waals surface area contributed by atoms with Crippen molar-refractivity contribution in [2.45, 2.75) is 33.5 Å². The maximum absolute atomic E-state index is 13.5. The van der Waals surface area contributed by atoms with Crippen molar-refractivity contribution < 1.29 is 33.8 Å². The minimum absolute atomic E-state index is 0.0645. The topological polar surface area (TPSA) is 237 Å². The molecule has 0 bridgehead atoms. The summed E-state index contributed by atoms with van der Waals surface area (Å²) in [5, 5.41) is 19.0. The first-order valence-corrected chi connectivity index (χ1v) is 15.4. The highest BCUT2D eigenvalue weighted by Crippen LogP contribution is 2.32. The number of primary amides is 2. The van der Waals surface area contributed by atoms with E-state index in [0.717, 1.165) is 0 Å². The molecule has 7 N–H and O–H groups in total. The van der Waals surface area contributed by atoms with Gasteiger partial charge in [-0.2, -0.15) is 5.10 Å². The fraction of sp³-hybridized carbons (Fsp3) is 0.242. The lowest BCUT2D eigenvalue weighted by atomic mass is 10.1. The van der Waals surface area contributed by atoms with Crippen molar-refractivity contribution in [2.75, 3.05) is 31.0 Å². The average molecular weight is 685 g/mol. The van der Waals surface area contributed by atoms with E-state index in [1.165, 1.54) is 37.5 Å². The molecule has 0 aliphatic carbocycles. The number of methoxy groups -OCH3 is 1. The third kappa shape index (κ3) is 7.16. The van der Waals surface area contributed by atoms with Crippen LogP contribution in [-0.2, 0) is 24.4 Å². The van der Waals surface area contributed by atoms with E-state index in [2.05, 4.69) is 25.7 Å². The number of nitrogens with one attached hydrogen (secondary N) is 2. The molecule has 50 heavy (non-hydrogen) atoms. The predicted molar refractivity (Wildman–Crippen MR) is 184 cm³/mol. The fourth-order valence-corrected chi connectivity index (χ4v) is 5.40. The summed E-state index contributed by atoms with van der Waals surface area (Å²) in [7, 11) is 1.44. The lowest BCUT2D eigenvalue weighted by Gasteiger charge is -2.12. The molecular formula is C33H36N10O7. The molecule has 0 aliphatic heterocycles. The summed E-state index contributed by atoms with van der Waals surface area (Å²) < 4.78 is 16.5. The van der Waals surface area contributed by atoms with Crippen LogP contribution in [0.5, 0.6) is 11.5 Å². The fourth-order valence-electron chi connectivity index (χ4n) is 5.40. The number of imidazole rings is 2. The van der Waals surface area contributed by atoms with Crippen LogP contribution in [0.4, 0.5) is 11.9 Å². The Kier molecular flexibility index (Phi) is 10.6. The minimum Gasteiger partial charge on any atom is -0.494 e. The summed E-state index contributed by atoms with van der Waals surface area (Å²) in [5.41, 5.74) is 14.1. The van der Waals surface area contributed by atoms with E-state index in [0.29, 0.717) is 52.2 Å². The lowest BCUT2D eigenvalue weighted by Crippen LogP contribution is -2.20. The number of ether oxygens (including phenoxy) is 2. The number of nitrogens with zero attached hydrogens (tertiary/aromatic N) is 6. The van der Waals surface area contributed by atoms with Gasteiger partial charge in [0.1, 0.15) is 34.8 Å². The number of anilines is 2. The number of nitrogens with two attached hydrogens (primary N) is 2. The van der Waals surface area contributed by atoms with E-state index in [4.69, 9.17) is 26.0 Å². The molecule has 3 heterocycles. The van der Waals surface area contributed by atoms with Crippen molar-refractivity contribution in [3.8, 4) is 11.5 Å². The SMILES string of the molecule is CCn1nc(C)cc1C(=O)Nc1nc2cc(C(N)=O)cc(OC/C=C/CO)c2n1C/C=C/Cn1c(NC=O)nc2cc(C(N)=O)cc(OC)c21. The number of hydrogen-bond donors (Lipinski definition) is 5. The molecule has 0 spiro atoms. The zero-order chi connectivity index (χ0) is 35.9. The van der Waals surface area contributed by atoms with Gasteiger partial charge in [-0.3, -0.25) is 34.5 Å². The summed E-state index contributed by atoms with van der Waals surface area (Å²) >= 11 is 0. The molecule has 5 rings (SSSR count). The number of carbonyl (C=O) groups is 4. The highest BCUT2D eigenvalue weighted by atomic mass is 16.5. The second-order valence-corrected chi connectivity index (χ2v) is 10.8. The van der Waals surface area contributed by atoms with Crippen LogP contribution in [0.25, 0.3) is 22.1 Å². The van der Waals surface area contributed by atoms with Gasteiger partial charge in [0.25, 0.3) is 5.91 Å². The van der Waals surface area contributed by atoms with Gasteiger partial charge in [-0.05, 0) is 50.3 Å². The summed E-state index contributed by atoms with van der Waals surface area (Å²) in [6.07, 6.45) is 7.21. The number of allylic oxidation sites excluding steroid dienone is 2. The molecule has 3 aromatic heterocycles. The average Bonchev–Trinajstić information content (AvgIpc) is 3.76. The van der Waals surface area contributed by atoms with Gasteiger partial charge < -0.3 is 35.2 Å². The second-order valence-electron chi connectivity index (χ2n) is 10.8. The molecule has 4 amide bonds. The molecule has 0 radical (unpaired) electrons. The van der Waals surface area contributed by atoms with E-state index >= 15 is 0 Å². The first-order valence-electron chi connectivity index (χ1n) is 15.4. The van der Waals surface area contributed by atoms with E-state index in [1.54, 1.807) is 45.0 Å². The largest absolute Gasteiger partial charge is 0.494 e. The Hall–Kier alpha value is -6.49. The van der Waals surface area contributed by atoms with E-state index in [-0.39, 0.29) is 55.1 Å². The summed E-state index contributed by atoms with van der Waals surface area (Å²) in [6.45, 7) is 4.36. The number of aryl methyl sites for hydroxylation is 2. The third-order valence-electron chi connectivity index (χ3n) is 7.60. The Morgan fingerprint density at radius 1 is 0.880 bits per heavy atom. The van der Waals surface area contributed by atoms with E-state index in [1.807, 2.05) is 6.92 Å². The van der Waals surface area contributed by atoms with Crippen molar-refractivity contribution in [3.63, 3.8) is 0 Å². The number of carbonyl (C=O) groups excluding carboxylic acids is 4. The minimum atomic E-state index is -0.698. The van der Waals surface area contributed by atoms with Crippen LogP contribution in [-0.4, -0.2) is 78.4 Å². The molecule has 5 aromatic rings. The van der Waals surface area contributed by atoms with Crippen molar-refractivity contribution in [1.82, 2.24) is 28.9 Å². The number of rotatable bonds is 16. The summed E-state index contributed by atoms with van der Waals surface area (Å²) in [5.74, 6) is -0.859. The van der Waals surface area contributed by atoms with Gasteiger partial charge in [0.2, 0.25) is 30.1 Å².